The number of rotatable bonds is 2. The molecule has 4 atom stereocenters. The van der Waals surface area contributed by atoms with Crippen LogP contribution in [-0.2, 0) is 0 Å². The molecule has 2 saturated heterocycles. The van der Waals surface area contributed by atoms with Crippen molar-refractivity contribution in [1.29, 1.82) is 0 Å². The van der Waals surface area contributed by atoms with Crippen LogP contribution in [0.4, 0.5) is 4.39 Å². The van der Waals surface area contributed by atoms with Crippen molar-refractivity contribution in [2.75, 3.05) is 7.05 Å². The van der Waals surface area contributed by atoms with Crippen LogP contribution in [0.3, 0.4) is 0 Å². The van der Waals surface area contributed by atoms with Crippen LogP contribution in [0.5, 0.6) is 0 Å². The standard InChI is InChI=1S/C11H22BFN2O/c1-10-5-6-11(2,15(10)12(3)16)9(13)8(7-10)14-4/h8-9,14,16H,5-7H2,1-4H3/t8-,9-,10-,11+/m1/s1. The second kappa shape index (κ2) is 3.69. The zero-order valence-corrected chi connectivity index (χ0v) is 10.6. The molecule has 0 aromatic carbocycles. The van der Waals surface area contributed by atoms with E-state index in [0.717, 1.165) is 19.3 Å². The van der Waals surface area contributed by atoms with E-state index in [-0.39, 0.29) is 11.6 Å². The van der Waals surface area contributed by atoms with Gasteiger partial charge in [-0.3, -0.25) is 0 Å². The van der Waals surface area contributed by atoms with Crippen LogP contribution in [0.25, 0.3) is 0 Å². The Hall–Kier alpha value is -0.125. The minimum Gasteiger partial charge on any atom is -0.437 e. The number of nitrogens with one attached hydrogen (secondary N) is 1. The molecule has 0 saturated carbocycles. The molecule has 0 spiro atoms. The molecular weight excluding hydrogens is 206 g/mol. The van der Waals surface area contributed by atoms with Crippen LogP contribution in [0.2, 0.25) is 6.82 Å². The zero-order chi connectivity index (χ0) is 12.1. The van der Waals surface area contributed by atoms with Gasteiger partial charge >= 0.3 is 7.05 Å². The summed E-state index contributed by atoms with van der Waals surface area (Å²) in [5.74, 6) is 0. The number of hydrogen-bond donors (Lipinski definition) is 2. The number of fused-ring (bicyclic) bond motifs is 2. The maximum atomic E-state index is 14.5. The molecule has 16 heavy (non-hydrogen) atoms. The molecule has 0 radical (unpaired) electrons. The van der Waals surface area contributed by atoms with E-state index in [1.54, 1.807) is 6.82 Å². The van der Waals surface area contributed by atoms with Crippen LogP contribution in [0.1, 0.15) is 33.1 Å². The lowest BCUT2D eigenvalue weighted by atomic mass is 9.69. The Morgan fingerprint density at radius 1 is 1.44 bits per heavy atom. The van der Waals surface area contributed by atoms with Gasteiger partial charge in [-0.25, -0.2) is 4.39 Å². The lowest BCUT2D eigenvalue weighted by molar-refractivity contribution is -0.0136. The predicted octanol–water partition coefficient (Wildman–Crippen LogP) is 1.04. The average molecular weight is 228 g/mol. The summed E-state index contributed by atoms with van der Waals surface area (Å²) >= 11 is 0. The molecule has 92 valence electrons. The first-order valence-electron chi connectivity index (χ1n) is 6.14. The molecule has 0 unspecified atom stereocenters. The normalized spacial score (nSPS) is 48.4. The number of hydrogen-bond acceptors (Lipinski definition) is 3. The number of piperidine rings is 1. The maximum absolute atomic E-state index is 14.5. The van der Waals surface area contributed by atoms with Gasteiger partial charge in [-0.05, 0) is 47.0 Å². The fraction of sp³-hybridized carbons (Fsp3) is 1.00. The Bertz CT molecular complexity index is 291. The molecule has 2 aliphatic rings. The molecule has 5 heteroatoms. The number of nitrogens with zero attached hydrogens (tertiary/aromatic N) is 1. The smallest absolute Gasteiger partial charge is 0.377 e. The largest absolute Gasteiger partial charge is 0.437 e. The summed E-state index contributed by atoms with van der Waals surface area (Å²) in [7, 11) is 1.25. The number of alkyl halides is 1. The Balaban J connectivity index is 2.37. The van der Waals surface area contributed by atoms with Gasteiger partial charge < -0.3 is 15.2 Å². The van der Waals surface area contributed by atoms with E-state index in [1.165, 1.54) is 0 Å². The summed E-state index contributed by atoms with van der Waals surface area (Å²) in [5, 5.41) is 13.0. The molecule has 0 aromatic rings. The fourth-order valence-electron chi connectivity index (χ4n) is 3.99. The van der Waals surface area contributed by atoms with Crippen molar-refractivity contribution < 1.29 is 9.41 Å². The number of halogens is 1. The molecular formula is C11H22BFN2O. The minimum atomic E-state index is -0.914. The topological polar surface area (TPSA) is 35.5 Å². The van der Waals surface area contributed by atoms with Crippen molar-refractivity contribution in [3.05, 3.63) is 0 Å². The first-order valence-corrected chi connectivity index (χ1v) is 6.14. The molecule has 2 aliphatic heterocycles. The molecule has 2 rings (SSSR count). The van der Waals surface area contributed by atoms with E-state index < -0.39 is 18.8 Å². The van der Waals surface area contributed by atoms with Crippen molar-refractivity contribution >= 4 is 7.05 Å². The van der Waals surface area contributed by atoms with Crippen LogP contribution in [0.15, 0.2) is 0 Å². The highest BCUT2D eigenvalue weighted by molar-refractivity contribution is 6.46. The third-order valence-corrected chi connectivity index (χ3v) is 4.65. The van der Waals surface area contributed by atoms with Gasteiger partial charge in [0.1, 0.15) is 6.17 Å². The highest BCUT2D eigenvalue weighted by atomic mass is 19.1. The SMILES string of the molecule is CN[C@@H]1C[C@@]2(C)CC[C@@](C)([C@@H]1F)N2B(C)O. The Morgan fingerprint density at radius 2 is 2.06 bits per heavy atom. The van der Waals surface area contributed by atoms with Crippen LogP contribution in [-0.4, -0.2) is 47.2 Å². The van der Waals surface area contributed by atoms with E-state index in [4.69, 9.17) is 0 Å². The van der Waals surface area contributed by atoms with E-state index in [9.17, 15) is 9.41 Å². The highest BCUT2D eigenvalue weighted by Crippen LogP contribution is 2.51. The first kappa shape index (κ1) is 12.3. The Labute approximate surface area is 97.5 Å². The zero-order valence-electron chi connectivity index (χ0n) is 10.6. The summed E-state index contributed by atoms with van der Waals surface area (Å²) in [5.41, 5.74) is -0.589. The van der Waals surface area contributed by atoms with Crippen LogP contribution < -0.4 is 5.32 Å². The van der Waals surface area contributed by atoms with E-state index in [0.29, 0.717) is 0 Å². The van der Waals surface area contributed by atoms with Gasteiger partial charge in [0.05, 0.1) is 0 Å². The summed E-state index contributed by atoms with van der Waals surface area (Å²) in [6.07, 6.45) is 1.65. The van der Waals surface area contributed by atoms with Crippen molar-refractivity contribution in [2.24, 2.45) is 0 Å². The molecule has 0 aliphatic carbocycles. The fourth-order valence-corrected chi connectivity index (χ4v) is 3.99. The van der Waals surface area contributed by atoms with Crippen molar-refractivity contribution in [3.63, 3.8) is 0 Å². The van der Waals surface area contributed by atoms with Gasteiger partial charge in [0.25, 0.3) is 0 Å². The monoisotopic (exact) mass is 228 g/mol. The molecule has 2 heterocycles. The van der Waals surface area contributed by atoms with Gasteiger partial charge in [-0.2, -0.15) is 0 Å². The second-order valence-electron chi connectivity index (χ2n) is 5.86. The molecule has 2 N–H and O–H groups in total. The third kappa shape index (κ3) is 1.45. The van der Waals surface area contributed by atoms with Gasteiger partial charge in [-0.1, -0.05) is 0 Å². The maximum Gasteiger partial charge on any atom is 0.377 e. The average Bonchev–Trinajstić information content (AvgIpc) is 2.43. The highest BCUT2D eigenvalue weighted by Gasteiger charge is 2.62. The summed E-state index contributed by atoms with van der Waals surface area (Å²) in [6.45, 7) is 5.83. The van der Waals surface area contributed by atoms with E-state index in [2.05, 4.69) is 12.2 Å². The van der Waals surface area contributed by atoms with Crippen LogP contribution in [0, 0.1) is 0 Å². The Kier molecular flexibility index (Phi) is 2.84. The van der Waals surface area contributed by atoms with Gasteiger partial charge in [-0.15, -0.1) is 0 Å². The summed E-state index contributed by atoms with van der Waals surface area (Å²) in [6, 6.07) is -0.0903. The van der Waals surface area contributed by atoms with E-state index in [1.807, 2.05) is 18.8 Å². The van der Waals surface area contributed by atoms with E-state index >= 15 is 0 Å². The van der Waals surface area contributed by atoms with Gasteiger partial charge in [0.2, 0.25) is 0 Å². The predicted molar refractivity (Wildman–Crippen MR) is 64.1 cm³/mol. The van der Waals surface area contributed by atoms with Crippen molar-refractivity contribution in [3.8, 4) is 0 Å². The van der Waals surface area contributed by atoms with Gasteiger partial charge in [0, 0.05) is 17.1 Å². The second-order valence-corrected chi connectivity index (χ2v) is 5.86. The molecule has 0 aromatic heterocycles. The Morgan fingerprint density at radius 3 is 2.56 bits per heavy atom. The van der Waals surface area contributed by atoms with Crippen molar-refractivity contribution in [1.82, 2.24) is 10.1 Å². The molecule has 2 fully saturated rings. The molecule has 3 nitrogen and oxygen atoms in total. The molecule has 2 bridgehead atoms. The summed E-state index contributed by atoms with van der Waals surface area (Å²) in [4.78, 5) is 1.98. The summed E-state index contributed by atoms with van der Waals surface area (Å²) < 4.78 is 14.5. The van der Waals surface area contributed by atoms with Crippen LogP contribution >= 0.6 is 0 Å². The minimum absolute atomic E-state index is 0.0703. The lowest BCUT2D eigenvalue weighted by Gasteiger charge is -2.53. The molecule has 0 amide bonds. The van der Waals surface area contributed by atoms with Crippen molar-refractivity contribution in [2.45, 2.75) is 63.2 Å². The first-order chi connectivity index (χ1) is 7.35. The van der Waals surface area contributed by atoms with Gasteiger partial charge in [0.15, 0.2) is 0 Å². The third-order valence-electron chi connectivity index (χ3n) is 4.65. The lowest BCUT2D eigenvalue weighted by Crippen LogP contribution is -2.70. The quantitative estimate of drug-likeness (QED) is 0.693.